The highest BCUT2D eigenvalue weighted by molar-refractivity contribution is 7.09. The van der Waals surface area contributed by atoms with Crippen LogP contribution in [0, 0.1) is 5.82 Å². The second kappa shape index (κ2) is 6.94. The number of nitrogens with zero attached hydrogens (tertiary/aromatic N) is 2. The standard InChI is InChI=1S/C17H15FN2O4S/c18-11-3-5-12(6-4-11)20-16(23)14(10-15(21)22)19(17(20)24)8-7-13-2-1-9-25-13/h1-6,9,23H,7-8,10H2,(H,21,22). The minimum absolute atomic E-state index is 0.0263. The van der Waals surface area contributed by atoms with Crippen LogP contribution in [0.1, 0.15) is 10.6 Å². The summed E-state index contributed by atoms with van der Waals surface area (Å²) in [5.74, 6) is -2.07. The molecule has 0 fully saturated rings. The summed E-state index contributed by atoms with van der Waals surface area (Å²) < 4.78 is 15.4. The highest BCUT2D eigenvalue weighted by atomic mass is 32.1. The summed E-state index contributed by atoms with van der Waals surface area (Å²) in [5, 5.41) is 21.4. The fourth-order valence-electron chi connectivity index (χ4n) is 2.62. The lowest BCUT2D eigenvalue weighted by atomic mass is 10.3. The van der Waals surface area contributed by atoms with Crippen LogP contribution in [-0.4, -0.2) is 25.3 Å². The second-order valence-electron chi connectivity index (χ2n) is 5.42. The number of aromatic hydroxyl groups is 1. The predicted octanol–water partition coefficient (Wildman–Crippen LogP) is 2.42. The molecule has 130 valence electrons. The van der Waals surface area contributed by atoms with Crippen LogP contribution in [0.15, 0.2) is 46.6 Å². The molecule has 2 aromatic heterocycles. The number of halogens is 1. The monoisotopic (exact) mass is 362 g/mol. The van der Waals surface area contributed by atoms with Crippen molar-refractivity contribution >= 4 is 17.3 Å². The molecule has 3 aromatic rings. The molecule has 2 N–H and O–H groups in total. The maximum absolute atomic E-state index is 13.1. The van der Waals surface area contributed by atoms with Crippen LogP contribution >= 0.6 is 11.3 Å². The maximum Gasteiger partial charge on any atom is 0.335 e. The Morgan fingerprint density at radius 2 is 1.92 bits per heavy atom. The molecule has 0 saturated heterocycles. The van der Waals surface area contributed by atoms with Crippen molar-refractivity contribution in [1.29, 1.82) is 0 Å². The van der Waals surface area contributed by atoms with Crippen LogP contribution in [0.3, 0.4) is 0 Å². The number of carbonyl (C=O) groups is 1. The maximum atomic E-state index is 13.1. The van der Waals surface area contributed by atoms with Gasteiger partial charge in [-0.05, 0) is 42.1 Å². The molecule has 25 heavy (non-hydrogen) atoms. The third-order valence-electron chi connectivity index (χ3n) is 3.78. The second-order valence-corrected chi connectivity index (χ2v) is 6.45. The summed E-state index contributed by atoms with van der Waals surface area (Å²) in [6.07, 6.45) is 0.0524. The van der Waals surface area contributed by atoms with E-state index in [0.29, 0.717) is 6.42 Å². The smallest absolute Gasteiger partial charge is 0.335 e. The summed E-state index contributed by atoms with van der Waals surface area (Å²) in [6, 6.07) is 8.85. The first-order valence-corrected chi connectivity index (χ1v) is 8.39. The molecule has 0 radical (unpaired) electrons. The third kappa shape index (κ3) is 3.48. The molecule has 0 spiro atoms. The first kappa shape index (κ1) is 17.0. The highest BCUT2D eigenvalue weighted by Crippen LogP contribution is 2.22. The average Bonchev–Trinajstić information content (AvgIpc) is 3.15. The van der Waals surface area contributed by atoms with Gasteiger partial charge in [-0.3, -0.25) is 9.36 Å². The van der Waals surface area contributed by atoms with Crippen LogP contribution in [0.25, 0.3) is 5.69 Å². The van der Waals surface area contributed by atoms with Crippen molar-refractivity contribution in [1.82, 2.24) is 9.13 Å². The minimum atomic E-state index is -1.16. The Bertz CT molecular complexity index is 942. The Balaban J connectivity index is 2.05. The molecule has 1 aromatic carbocycles. The Hall–Kier alpha value is -2.87. The van der Waals surface area contributed by atoms with Gasteiger partial charge in [-0.25, -0.2) is 13.8 Å². The van der Waals surface area contributed by atoms with Crippen molar-refractivity contribution in [2.24, 2.45) is 0 Å². The molecule has 0 saturated carbocycles. The van der Waals surface area contributed by atoms with Crippen molar-refractivity contribution in [3.05, 3.63) is 68.7 Å². The van der Waals surface area contributed by atoms with Gasteiger partial charge in [0.1, 0.15) is 5.82 Å². The number of hydrogen-bond acceptors (Lipinski definition) is 4. The van der Waals surface area contributed by atoms with E-state index in [9.17, 15) is 19.1 Å². The summed E-state index contributed by atoms with van der Waals surface area (Å²) in [6.45, 7) is 0.240. The van der Waals surface area contributed by atoms with Crippen LogP contribution < -0.4 is 5.69 Å². The Kier molecular flexibility index (Phi) is 4.71. The van der Waals surface area contributed by atoms with E-state index in [0.717, 1.165) is 9.44 Å². The van der Waals surface area contributed by atoms with Crippen LogP contribution in [-0.2, 0) is 24.2 Å². The first-order chi connectivity index (χ1) is 12.0. The molecule has 0 amide bonds. The average molecular weight is 362 g/mol. The quantitative estimate of drug-likeness (QED) is 0.705. The number of aryl methyl sites for hydroxylation is 1. The van der Waals surface area contributed by atoms with Gasteiger partial charge in [0.25, 0.3) is 0 Å². The molecule has 2 heterocycles. The first-order valence-electron chi connectivity index (χ1n) is 7.51. The zero-order chi connectivity index (χ0) is 18.0. The zero-order valence-corrected chi connectivity index (χ0v) is 13.9. The van der Waals surface area contributed by atoms with Gasteiger partial charge in [0, 0.05) is 11.4 Å². The molecule has 0 bridgehead atoms. The predicted molar refractivity (Wildman–Crippen MR) is 91.0 cm³/mol. The van der Waals surface area contributed by atoms with Crippen molar-refractivity contribution in [3.63, 3.8) is 0 Å². The van der Waals surface area contributed by atoms with E-state index in [4.69, 9.17) is 5.11 Å². The highest BCUT2D eigenvalue weighted by Gasteiger charge is 2.22. The lowest BCUT2D eigenvalue weighted by Crippen LogP contribution is -2.25. The van der Waals surface area contributed by atoms with Gasteiger partial charge in [0.2, 0.25) is 5.88 Å². The fraction of sp³-hybridized carbons (Fsp3) is 0.176. The molecular formula is C17H15FN2O4S. The van der Waals surface area contributed by atoms with Gasteiger partial charge >= 0.3 is 11.7 Å². The summed E-state index contributed by atoms with van der Waals surface area (Å²) >= 11 is 1.53. The van der Waals surface area contributed by atoms with Crippen LogP contribution in [0.2, 0.25) is 0 Å². The molecule has 0 aliphatic heterocycles. The van der Waals surface area contributed by atoms with Crippen molar-refractivity contribution in [3.8, 4) is 11.6 Å². The number of imidazole rings is 1. The van der Waals surface area contributed by atoms with Gasteiger partial charge in [0.05, 0.1) is 17.8 Å². The molecule has 6 nitrogen and oxygen atoms in total. The largest absolute Gasteiger partial charge is 0.493 e. The number of benzene rings is 1. The van der Waals surface area contributed by atoms with Gasteiger partial charge in [0.15, 0.2) is 0 Å². The van der Waals surface area contributed by atoms with Crippen molar-refractivity contribution < 1.29 is 19.4 Å². The van der Waals surface area contributed by atoms with E-state index in [1.54, 1.807) is 0 Å². The Morgan fingerprint density at radius 3 is 2.52 bits per heavy atom. The van der Waals surface area contributed by atoms with Gasteiger partial charge < -0.3 is 10.2 Å². The Morgan fingerprint density at radius 1 is 1.20 bits per heavy atom. The number of rotatable bonds is 6. The van der Waals surface area contributed by atoms with Crippen molar-refractivity contribution in [2.75, 3.05) is 0 Å². The van der Waals surface area contributed by atoms with E-state index in [1.807, 2.05) is 17.5 Å². The summed E-state index contributed by atoms with van der Waals surface area (Å²) in [5.41, 5.74) is -0.263. The SMILES string of the molecule is O=C(O)Cc1c(O)n(-c2ccc(F)cc2)c(=O)n1CCc1cccs1. The van der Waals surface area contributed by atoms with Crippen LogP contribution in [0.4, 0.5) is 4.39 Å². The minimum Gasteiger partial charge on any atom is -0.493 e. The summed E-state index contributed by atoms with van der Waals surface area (Å²) in [7, 11) is 0. The van der Waals surface area contributed by atoms with Gasteiger partial charge in [-0.15, -0.1) is 11.3 Å². The third-order valence-corrected chi connectivity index (χ3v) is 4.72. The zero-order valence-electron chi connectivity index (χ0n) is 13.1. The molecule has 3 rings (SSSR count). The van der Waals surface area contributed by atoms with E-state index >= 15 is 0 Å². The number of carboxylic acids is 1. The molecule has 0 aliphatic rings. The van der Waals surface area contributed by atoms with Gasteiger partial charge in [-0.2, -0.15) is 0 Å². The topological polar surface area (TPSA) is 84.5 Å². The normalized spacial score (nSPS) is 10.9. The lowest BCUT2D eigenvalue weighted by molar-refractivity contribution is -0.136. The number of thiophene rings is 1. The molecule has 0 aliphatic carbocycles. The number of hydrogen-bond donors (Lipinski definition) is 2. The molecule has 0 atom stereocenters. The number of aliphatic carboxylic acids is 1. The van der Waals surface area contributed by atoms with Crippen LogP contribution in [0.5, 0.6) is 5.88 Å². The summed E-state index contributed by atoms with van der Waals surface area (Å²) in [4.78, 5) is 24.9. The fourth-order valence-corrected chi connectivity index (χ4v) is 3.32. The number of carboxylic acid groups (broad SMARTS) is 1. The lowest BCUT2D eigenvalue weighted by Gasteiger charge is -2.04. The molecular weight excluding hydrogens is 347 g/mol. The number of aromatic nitrogens is 2. The van der Waals surface area contributed by atoms with E-state index in [-0.39, 0.29) is 17.9 Å². The Labute approximate surface area is 146 Å². The van der Waals surface area contributed by atoms with Crippen molar-refractivity contribution in [2.45, 2.75) is 19.4 Å². The van der Waals surface area contributed by atoms with E-state index < -0.39 is 29.8 Å². The van der Waals surface area contributed by atoms with Gasteiger partial charge in [-0.1, -0.05) is 6.07 Å². The molecule has 0 unspecified atom stereocenters. The molecule has 8 heteroatoms. The van der Waals surface area contributed by atoms with E-state index in [1.165, 1.54) is 40.2 Å². The van der Waals surface area contributed by atoms with E-state index in [2.05, 4.69) is 0 Å².